The SMILES string of the molecule is C=CCCNC(=O)N[C@H](CCC(=O)OC)C(=O)O. The van der Waals surface area contributed by atoms with E-state index in [1.165, 1.54) is 7.11 Å². The van der Waals surface area contributed by atoms with Gasteiger partial charge >= 0.3 is 18.0 Å². The third-order valence-electron chi connectivity index (χ3n) is 2.10. The second-order valence-electron chi connectivity index (χ2n) is 3.48. The zero-order chi connectivity index (χ0) is 14.0. The van der Waals surface area contributed by atoms with Crippen LogP contribution < -0.4 is 10.6 Å². The molecule has 102 valence electrons. The smallest absolute Gasteiger partial charge is 0.326 e. The van der Waals surface area contributed by atoms with Crippen molar-refractivity contribution in [3.8, 4) is 0 Å². The van der Waals surface area contributed by atoms with Crippen molar-refractivity contribution in [3.05, 3.63) is 12.7 Å². The van der Waals surface area contributed by atoms with Crippen LogP contribution in [-0.4, -0.2) is 42.8 Å². The number of carbonyl (C=O) groups is 3. The summed E-state index contributed by atoms with van der Waals surface area (Å²) < 4.78 is 4.39. The zero-order valence-electron chi connectivity index (χ0n) is 10.3. The molecular weight excluding hydrogens is 240 g/mol. The Bertz CT molecular complexity index is 317. The predicted octanol–water partition coefficient (Wildman–Crippen LogP) is 0.268. The summed E-state index contributed by atoms with van der Waals surface area (Å²) in [6, 6.07) is -1.71. The standard InChI is InChI=1S/C11H18N2O5/c1-3-4-7-12-11(17)13-8(10(15)16)5-6-9(14)18-2/h3,8H,1,4-7H2,2H3,(H,15,16)(H2,12,13,17)/t8-/m1/s1. The second kappa shape index (κ2) is 9.03. The highest BCUT2D eigenvalue weighted by atomic mass is 16.5. The molecule has 0 heterocycles. The van der Waals surface area contributed by atoms with Gasteiger partial charge in [-0.25, -0.2) is 9.59 Å². The number of hydrogen-bond donors (Lipinski definition) is 3. The Balaban J connectivity index is 4.10. The van der Waals surface area contributed by atoms with Crippen LogP contribution >= 0.6 is 0 Å². The first kappa shape index (κ1) is 16.0. The molecule has 0 aliphatic carbocycles. The van der Waals surface area contributed by atoms with E-state index in [0.717, 1.165) is 0 Å². The van der Waals surface area contributed by atoms with E-state index in [9.17, 15) is 14.4 Å². The average molecular weight is 258 g/mol. The molecule has 3 N–H and O–H groups in total. The molecule has 1 atom stereocenters. The number of urea groups is 1. The molecule has 0 radical (unpaired) electrons. The van der Waals surface area contributed by atoms with Gasteiger partial charge in [0.05, 0.1) is 7.11 Å². The Labute approximate surface area is 105 Å². The summed E-state index contributed by atoms with van der Waals surface area (Å²) in [6.45, 7) is 3.86. The Kier molecular flexibility index (Phi) is 8.00. The Morgan fingerprint density at radius 2 is 2.11 bits per heavy atom. The number of methoxy groups -OCH3 is 1. The lowest BCUT2D eigenvalue weighted by Crippen LogP contribution is -2.46. The third-order valence-corrected chi connectivity index (χ3v) is 2.10. The summed E-state index contributed by atoms with van der Waals surface area (Å²) in [4.78, 5) is 33.0. The molecule has 0 aromatic heterocycles. The van der Waals surface area contributed by atoms with Crippen LogP contribution in [0.1, 0.15) is 19.3 Å². The van der Waals surface area contributed by atoms with Crippen molar-refractivity contribution in [2.45, 2.75) is 25.3 Å². The summed E-state index contributed by atoms with van der Waals surface area (Å²) in [5.41, 5.74) is 0. The number of amides is 2. The molecule has 0 saturated carbocycles. The van der Waals surface area contributed by atoms with Crippen molar-refractivity contribution >= 4 is 18.0 Å². The number of carboxylic acid groups (broad SMARTS) is 1. The number of carbonyl (C=O) groups excluding carboxylic acids is 2. The molecule has 0 rings (SSSR count). The highest BCUT2D eigenvalue weighted by Gasteiger charge is 2.20. The zero-order valence-corrected chi connectivity index (χ0v) is 10.3. The van der Waals surface area contributed by atoms with E-state index < -0.39 is 24.0 Å². The summed E-state index contributed by atoms with van der Waals surface area (Å²) in [5.74, 6) is -1.71. The van der Waals surface area contributed by atoms with E-state index in [-0.39, 0.29) is 12.8 Å². The second-order valence-corrected chi connectivity index (χ2v) is 3.48. The van der Waals surface area contributed by atoms with Crippen LogP contribution in [0, 0.1) is 0 Å². The van der Waals surface area contributed by atoms with E-state index >= 15 is 0 Å². The molecule has 0 fully saturated rings. The Morgan fingerprint density at radius 1 is 1.44 bits per heavy atom. The number of hydrogen-bond acceptors (Lipinski definition) is 4. The van der Waals surface area contributed by atoms with Gasteiger partial charge in [-0.2, -0.15) is 0 Å². The van der Waals surface area contributed by atoms with Gasteiger partial charge in [0.15, 0.2) is 0 Å². The molecule has 0 aromatic rings. The van der Waals surface area contributed by atoms with Crippen molar-refractivity contribution in [1.82, 2.24) is 10.6 Å². The van der Waals surface area contributed by atoms with Crippen LogP contribution in [0.3, 0.4) is 0 Å². The fraction of sp³-hybridized carbons (Fsp3) is 0.545. The monoisotopic (exact) mass is 258 g/mol. The van der Waals surface area contributed by atoms with Gasteiger partial charge in [-0.3, -0.25) is 4.79 Å². The lowest BCUT2D eigenvalue weighted by molar-refractivity contribution is -0.142. The summed E-state index contributed by atoms with van der Waals surface area (Å²) in [7, 11) is 1.22. The molecule has 0 aliphatic rings. The first-order valence-electron chi connectivity index (χ1n) is 5.46. The summed E-state index contributed by atoms with van der Waals surface area (Å²) >= 11 is 0. The maximum Gasteiger partial charge on any atom is 0.326 e. The molecule has 0 bridgehead atoms. The van der Waals surface area contributed by atoms with Crippen molar-refractivity contribution in [2.75, 3.05) is 13.7 Å². The summed E-state index contributed by atoms with van der Waals surface area (Å²) in [5, 5.41) is 13.6. The van der Waals surface area contributed by atoms with Crippen LogP contribution in [0.2, 0.25) is 0 Å². The number of nitrogens with one attached hydrogen (secondary N) is 2. The maximum atomic E-state index is 11.3. The molecule has 0 unspecified atom stereocenters. The molecule has 0 saturated heterocycles. The number of esters is 1. The Hall–Kier alpha value is -2.05. The van der Waals surface area contributed by atoms with E-state index in [0.29, 0.717) is 13.0 Å². The molecule has 0 aliphatic heterocycles. The molecule has 2 amide bonds. The Morgan fingerprint density at radius 3 is 2.61 bits per heavy atom. The van der Waals surface area contributed by atoms with Gasteiger partial charge in [-0.1, -0.05) is 6.08 Å². The minimum atomic E-state index is -1.20. The van der Waals surface area contributed by atoms with Gasteiger partial charge in [0.25, 0.3) is 0 Å². The van der Waals surface area contributed by atoms with E-state index in [1.807, 2.05) is 0 Å². The number of carboxylic acids is 1. The first-order chi connectivity index (χ1) is 8.51. The molecule has 7 heteroatoms. The largest absolute Gasteiger partial charge is 0.480 e. The quantitative estimate of drug-likeness (QED) is 0.329. The topological polar surface area (TPSA) is 105 Å². The van der Waals surface area contributed by atoms with E-state index in [1.54, 1.807) is 6.08 Å². The van der Waals surface area contributed by atoms with E-state index in [4.69, 9.17) is 5.11 Å². The highest BCUT2D eigenvalue weighted by molar-refractivity contribution is 5.83. The highest BCUT2D eigenvalue weighted by Crippen LogP contribution is 1.99. The van der Waals surface area contributed by atoms with Gasteiger partial charge in [0, 0.05) is 13.0 Å². The number of aliphatic carboxylic acids is 1. The van der Waals surface area contributed by atoms with Gasteiger partial charge in [-0.15, -0.1) is 6.58 Å². The molecule has 0 spiro atoms. The van der Waals surface area contributed by atoms with Crippen LogP contribution in [0.4, 0.5) is 4.79 Å². The van der Waals surface area contributed by atoms with Gasteiger partial charge in [0.1, 0.15) is 6.04 Å². The average Bonchev–Trinajstić information content (AvgIpc) is 2.33. The molecule has 18 heavy (non-hydrogen) atoms. The minimum Gasteiger partial charge on any atom is -0.480 e. The lowest BCUT2D eigenvalue weighted by Gasteiger charge is -2.14. The van der Waals surface area contributed by atoms with E-state index in [2.05, 4.69) is 21.9 Å². The van der Waals surface area contributed by atoms with Crippen LogP contribution in [0.15, 0.2) is 12.7 Å². The third kappa shape index (κ3) is 7.26. The van der Waals surface area contributed by atoms with Crippen LogP contribution in [0.25, 0.3) is 0 Å². The van der Waals surface area contributed by atoms with Crippen molar-refractivity contribution in [2.24, 2.45) is 0 Å². The fourth-order valence-electron chi connectivity index (χ4n) is 1.12. The fourth-order valence-corrected chi connectivity index (χ4v) is 1.12. The van der Waals surface area contributed by atoms with Crippen molar-refractivity contribution < 1.29 is 24.2 Å². The van der Waals surface area contributed by atoms with Gasteiger partial charge in [0.2, 0.25) is 0 Å². The molecular formula is C11H18N2O5. The number of ether oxygens (including phenoxy) is 1. The van der Waals surface area contributed by atoms with Crippen molar-refractivity contribution in [3.63, 3.8) is 0 Å². The normalized spacial score (nSPS) is 11.2. The maximum absolute atomic E-state index is 11.3. The predicted molar refractivity (Wildman–Crippen MR) is 64.0 cm³/mol. The molecule has 0 aromatic carbocycles. The molecule has 7 nitrogen and oxygen atoms in total. The van der Waals surface area contributed by atoms with Crippen LogP contribution in [-0.2, 0) is 14.3 Å². The van der Waals surface area contributed by atoms with Gasteiger partial charge in [-0.05, 0) is 12.8 Å². The van der Waals surface area contributed by atoms with Crippen LogP contribution in [0.5, 0.6) is 0 Å². The summed E-state index contributed by atoms with van der Waals surface area (Å²) in [6.07, 6.45) is 2.14. The number of rotatable bonds is 8. The van der Waals surface area contributed by atoms with Crippen molar-refractivity contribution in [1.29, 1.82) is 0 Å². The minimum absolute atomic E-state index is 0.0170. The lowest BCUT2D eigenvalue weighted by atomic mass is 10.1. The van der Waals surface area contributed by atoms with Gasteiger partial charge < -0.3 is 20.5 Å². The first-order valence-corrected chi connectivity index (χ1v) is 5.46.